The van der Waals surface area contributed by atoms with Crippen LogP contribution in [0.1, 0.15) is 26.7 Å². The predicted octanol–water partition coefficient (Wildman–Crippen LogP) is 3.13. The summed E-state index contributed by atoms with van der Waals surface area (Å²) in [7, 11) is 1.64. The molecule has 1 aromatic rings. The van der Waals surface area contributed by atoms with E-state index in [1.54, 1.807) is 7.11 Å². The van der Waals surface area contributed by atoms with Crippen molar-refractivity contribution < 1.29 is 4.74 Å². The van der Waals surface area contributed by atoms with Crippen molar-refractivity contribution in [2.75, 3.05) is 24.7 Å². The standard InChI is InChI=1S/C13H22N2O/c1-4-10(5-2)9-15-11-7-6-8-12(16-3)13(11)14/h6-8,10,15H,4-5,9,14H2,1-3H3. The summed E-state index contributed by atoms with van der Waals surface area (Å²) < 4.78 is 5.18. The maximum absolute atomic E-state index is 5.98. The first-order valence-electron chi connectivity index (χ1n) is 5.89. The average Bonchev–Trinajstić information content (AvgIpc) is 2.32. The molecule has 16 heavy (non-hydrogen) atoms. The van der Waals surface area contributed by atoms with Crippen LogP contribution in [0.3, 0.4) is 0 Å². The number of nitrogens with one attached hydrogen (secondary N) is 1. The highest BCUT2D eigenvalue weighted by molar-refractivity contribution is 5.72. The van der Waals surface area contributed by atoms with Crippen LogP contribution in [0.2, 0.25) is 0 Å². The molecule has 3 N–H and O–H groups in total. The first kappa shape index (κ1) is 12.7. The van der Waals surface area contributed by atoms with Gasteiger partial charge in [-0.25, -0.2) is 0 Å². The highest BCUT2D eigenvalue weighted by Crippen LogP contribution is 2.29. The third-order valence-corrected chi connectivity index (χ3v) is 3.02. The third kappa shape index (κ3) is 3.05. The first-order valence-corrected chi connectivity index (χ1v) is 5.89. The first-order chi connectivity index (χ1) is 7.72. The molecule has 0 bridgehead atoms. The zero-order valence-corrected chi connectivity index (χ0v) is 10.4. The summed E-state index contributed by atoms with van der Waals surface area (Å²) in [6.07, 6.45) is 2.38. The molecule has 0 aliphatic rings. The highest BCUT2D eigenvalue weighted by Gasteiger charge is 2.07. The largest absolute Gasteiger partial charge is 0.495 e. The van der Waals surface area contributed by atoms with Gasteiger partial charge in [-0.1, -0.05) is 32.8 Å². The summed E-state index contributed by atoms with van der Waals surface area (Å²) in [5.74, 6) is 1.43. The van der Waals surface area contributed by atoms with Crippen LogP contribution < -0.4 is 15.8 Å². The topological polar surface area (TPSA) is 47.3 Å². The Hall–Kier alpha value is -1.38. The van der Waals surface area contributed by atoms with Crippen LogP contribution in [0.5, 0.6) is 5.75 Å². The molecular formula is C13H22N2O. The van der Waals surface area contributed by atoms with Crippen molar-refractivity contribution in [1.82, 2.24) is 0 Å². The van der Waals surface area contributed by atoms with Gasteiger partial charge in [-0.2, -0.15) is 0 Å². The van der Waals surface area contributed by atoms with E-state index in [0.717, 1.165) is 18.0 Å². The molecule has 1 rings (SSSR count). The molecule has 0 atom stereocenters. The minimum atomic E-state index is 0.691. The second-order valence-corrected chi connectivity index (χ2v) is 3.98. The van der Waals surface area contributed by atoms with Gasteiger partial charge in [0.2, 0.25) is 0 Å². The van der Waals surface area contributed by atoms with E-state index in [2.05, 4.69) is 19.2 Å². The van der Waals surface area contributed by atoms with Gasteiger partial charge in [0.25, 0.3) is 0 Å². The van der Waals surface area contributed by atoms with E-state index < -0.39 is 0 Å². The van der Waals surface area contributed by atoms with Gasteiger partial charge < -0.3 is 15.8 Å². The van der Waals surface area contributed by atoms with E-state index in [-0.39, 0.29) is 0 Å². The molecule has 0 aliphatic carbocycles. The molecule has 0 heterocycles. The molecule has 0 aromatic heterocycles. The molecule has 1 aromatic carbocycles. The van der Waals surface area contributed by atoms with Crippen molar-refractivity contribution in [2.45, 2.75) is 26.7 Å². The van der Waals surface area contributed by atoms with Gasteiger partial charge in [-0.15, -0.1) is 0 Å². The van der Waals surface area contributed by atoms with E-state index in [1.165, 1.54) is 12.8 Å². The van der Waals surface area contributed by atoms with E-state index in [9.17, 15) is 0 Å². The van der Waals surface area contributed by atoms with E-state index in [1.807, 2.05) is 18.2 Å². The number of nitrogen functional groups attached to an aromatic ring is 1. The number of hydrogen-bond acceptors (Lipinski definition) is 3. The van der Waals surface area contributed by atoms with Crippen LogP contribution in [0, 0.1) is 5.92 Å². The monoisotopic (exact) mass is 222 g/mol. The Morgan fingerprint density at radius 2 is 2.00 bits per heavy atom. The van der Waals surface area contributed by atoms with Crippen molar-refractivity contribution in [3.8, 4) is 5.75 Å². The lowest BCUT2D eigenvalue weighted by Crippen LogP contribution is -2.13. The Bertz CT molecular complexity index is 322. The molecule has 0 spiro atoms. The van der Waals surface area contributed by atoms with Crippen LogP contribution in [-0.2, 0) is 0 Å². The quantitative estimate of drug-likeness (QED) is 0.727. The lowest BCUT2D eigenvalue weighted by molar-refractivity contribution is 0.417. The van der Waals surface area contributed by atoms with Crippen LogP contribution in [0.25, 0.3) is 0 Å². The number of rotatable bonds is 6. The van der Waals surface area contributed by atoms with E-state index in [0.29, 0.717) is 11.6 Å². The number of ether oxygens (including phenoxy) is 1. The van der Waals surface area contributed by atoms with Crippen molar-refractivity contribution in [1.29, 1.82) is 0 Å². The van der Waals surface area contributed by atoms with Crippen molar-refractivity contribution in [3.05, 3.63) is 18.2 Å². The van der Waals surface area contributed by atoms with E-state index in [4.69, 9.17) is 10.5 Å². The molecule has 0 amide bonds. The molecule has 0 radical (unpaired) electrons. The molecule has 0 saturated heterocycles. The Morgan fingerprint density at radius 3 is 2.56 bits per heavy atom. The van der Waals surface area contributed by atoms with Gasteiger partial charge in [0.15, 0.2) is 0 Å². The number of nitrogens with two attached hydrogens (primary N) is 1. The minimum Gasteiger partial charge on any atom is -0.495 e. The van der Waals surface area contributed by atoms with Crippen LogP contribution in [0.4, 0.5) is 11.4 Å². The Kier molecular flexibility index (Phi) is 4.96. The van der Waals surface area contributed by atoms with Gasteiger partial charge in [-0.3, -0.25) is 0 Å². The Morgan fingerprint density at radius 1 is 1.31 bits per heavy atom. The Balaban J connectivity index is 2.66. The molecule has 0 aliphatic heterocycles. The van der Waals surface area contributed by atoms with Gasteiger partial charge in [0, 0.05) is 6.54 Å². The number of methoxy groups -OCH3 is 1. The van der Waals surface area contributed by atoms with Gasteiger partial charge in [0.1, 0.15) is 5.75 Å². The minimum absolute atomic E-state index is 0.691. The fraction of sp³-hybridized carbons (Fsp3) is 0.538. The maximum Gasteiger partial charge on any atom is 0.143 e. The van der Waals surface area contributed by atoms with Gasteiger partial charge >= 0.3 is 0 Å². The van der Waals surface area contributed by atoms with Crippen molar-refractivity contribution in [3.63, 3.8) is 0 Å². The molecule has 0 unspecified atom stereocenters. The summed E-state index contributed by atoms with van der Waals surface area (Å²) in [6, 6.07) is 5.81. The van der Waals surface area contributed by atoms with Crippen LogP contribution >= 0.6 is 0 Å². The third-order valence-electron chi connectivity index (χ3n) is 3.02. The predicted molar refractivity (Wildman–Crippen MR) is 70.0 cm³/mol. The fourth-order valence-electron chi connectivity index (χ4n) is 1.71. The van der Waals surface area contributed by atoms with Gasteiger partial charge in [-0.05, 0) is 18.1 Å². The Labute approximate surface area is 98.0 Å². The number of hydrogen-bond donors (Lipinski definition) is 2. The average molecular weight is 222 g/mol. The van der Waals surface area contributed by atoms with E-state index >= 15 is 0 Å². The highest BCUT2D eigenvalue weighted by atomic mass is 16.5. The summed E-state index contributed by atoms with van der Waals surface area (Å²) in [6.45, 7) is 5.39. The lowest BCUT2D eigenvalue weighted by atomic mass is 10.0. The lowest BCUT2D eigenvalue weighted by Gasteiger charge is -2.16. The number of anilines is 2. The fourth-order valence-corrected chi connectivity index (χ4v) is 1.71. The summed E-state index contributed by atoms with van der Waals surface area (Å²) in [5, 5.41) is 3.38. The zero-order chi connectivity index (χ0) is 12.0. The SMILES string of the molecule is CCC(CC)CNc1cccc(OC)c1N. The number of para-hydroxylation sites is 1. The van der Waals surface area contributed by atoms with Crippen molar-refractivity contribution >= 4 is 11.4 Å². The smallest absolute Gasteiger partial charge is 0.143 e. The normalized spacial score (nSPS) is 10.5. The number of benzene rings is 1. The maximum atomic E-state index is 5.98. The molecule has 3 heteroatoms. The molecule has 90 valence electrons. The second-order valence-electron chi connectivity index (χ2n) is 3.98. The second kappa shape index (κ2) is 6.26. The molecule has 0 fully saturated rings. The van der Waals surface area contributed by atoms with Crippen LogP contribution in [-0.4, -0.2) is 13.7 Å². The van der Waals surface area contributed by atoms with Crippen LogP contribution in [0.15, 0.2) is 18.2 Å². The van der Waals surface area contributed by atoms with Crippen molar-refractivity contribution in [2.24, 2.45) is 5.92 Å². The molecule has 0 saturated carbocycles. The zero-order valence-electron chi connectivity index (χ0n) is 10.4. The molecular weight excluding hydrogens is 200 g/mol. The molecule has 3 nitrogen and oxygen atoms in total. The summed E-state index contributed by atoms with van der Waals surface area (Å²) >= 11 is 0. The summed E-state index contributed by atoms with van der Waals surface area (Å²) in [5.41, 5.74) is 7.63. The van der Waals surface area contributed by atoms with Gasteiger partial charge in [0.05, 0.1) is 18.5 Å². The summed E-state index contributed by atoms with van der Waals surface area (Å²) in [4.78, 5) is 0.